The molecule has 5 rings (SSSR count). The number of fused-ring (bicyclic) bond motifs is 3. The van der Waals surface area contributed by atoms with Crippen LogP contribution in [0, 0.1) is 0 Å². The van der Waals surface area contributed by atoms with Crippen molar-refractivity contribution in [2.45, 2.75) is 44.6 Å². The maximum atomic E-state index is 13.1. The highest BCUT2D eigenvalue weighted by atomic mass is 16.5. The van der Waals surface area contributed by atoms with Gasteiger partial charge in [0.25, 0.3) is 5.91 Å². The van der Waals surface area contributed by atoms with Crippen molar-refractivity contribution in [1.82, 2.24) is 4.57 Å². The van der Waals surface area contributed by atoms with E-state index in [1.54, 1.807) is 0 Å². The van der Waals surface area contributed by atoms with Crippen LogP contribution in [0.4, 0.5) is 11.5 Å². The molecule has 2 aromatic carbocycles. The summed E-state index contributed by atoms with van der Waals surface area (Å²) < 4.78 is 7.00. The number of amides is 1. The molecule has 1 aliphatic heterocycles. The Bertz CT molecular complexity index is 1090. The summed E-state index contributed by atoms with van der Waals surface area (Å²) in [6.07, 6.45) is 5.99. The highest BCUT2D eigenvalue weighted by molar-refractivity contribution is 6.09. The van der Waals surface area contributed by atoms with Gasteiger partial charge in [-0.15, -0.1) is 0 Å². The van der Waals surface area contributed by atoms with Crippen LogP contribution in [0.3, 0.4) is 0 Å². The van der Waals surface area contributed by atoms with Crippen molar-refractivity contribution in [3.63, 3.8) is 0 Å². The number of anilines is 2. The van der Waals surface area contributed by atoms with E-state index in [0.29, 0.717) is 11.5 Å². The molecule has 5 heteroatoms. The van der Waals surface area contributed by atoms with Crippen LogP contribution in [0.15, 0.2) is 48.5 Å². The Balaban J connectivity index is 1.76. The molecule has 2 heterocycles. The van der Waals surface area contributed by atoms with E-state index in [9.17, 15) is 9.59 Å². The van der Waals surface area contributed by atoms with E-state index in [4.69, 9.17) is 4.74 Å². The number of carbonyl (C=O) groups is 2. The molecular weight excluding hydrogens is 364 g/mol. The Morgan fingerprint density at radius 3 is 2.52 bits per heavy atom. The van der Waals surface area contributed by atoms with Crippen molar-refractivity contribution in [2.75, 3.05) is 12.0 Å². The predicted octanol–water partition coefficient (Wildman–Crippen LogP) is 5.15. The monoisotopic (exact) mass is 388 g/mol. The van der Waals surface area contributed by atoms with Gasteiger partial charge in [0, 0.05) is 10.9 Å². The third-order valence-corrected chi connectivity index (χ3v) is 6.28. The van der Waals surface area contributed by atoms with Gasteiger partial charge in [-0.25, -0.2) is 4.79 Å². The zero-order valence-electron chi connectivity index (χ0n) is 16.6. The van der Waals surface area contributed by atoms with Crippen LogP contribution in [0.1, 0.15) is 53.9 Å². The van der Waals surface area contributed by atoms with E-state index in [1.807, 2.05) is 53.4 Å². The van der Waals surface area contributed by atoms with Crippen molar-refractivity contribution in [3.8, 4) is 0 Å². The van der Waals surface area contributed by atoms with E-state index < -0.39 is 0 Å². The Morgan fingerprint density at radius 1 is 1.03 bits per heavy atom. The van der Waals surface area contributed by atoms with Gasteiger partial charge in [-0.05, 0) is 43.0 Å². The lowest BCUT2D eigenvalue weighted by Crippen LogP contribution is -2.22. The van der Waals surface area contributed by atoms with Gasteiger partial charge in [0.05, 0.1) is 23.9 Å². The Kier molecular flexibility index (Phi) is 4.38. The van der Waals surface area contributed by atoms with Crippen LogP contribution in [0.2, 0.25) is 0 Å². The second-order valence-corrected chi connectivity index (χ2v) is 7.95. The minimum atomic E-state index is -0.356. The first-order valence-corrected chi connectivity index (χ1v) is 10.3. The summed E-state index contributed by atoms with van der Waals surface area (Å²) in [7, 11) is 1.39. The number of para-hydroxylation sites is 1. The Morgan fingerprint density at radius 2 is 1.79 bits per heavy atom. The van der Waals surface area contributed by atoms with Crippen LogP contribution >= 0.6 is 0 Å². The number of carbonyl (C=O) groups excluding carboxylic acids is 2. The first kappa shape index (κ1) is 18.0. The smallest absolute Gasteiger partial charge is 0.337 e. The van der Waals surface area contributed by atoms with Crippen LogP contribution in [-0.2, 0) is 16.1 Å². The second-order valence-electron chi connectivity index (χ2n) is 7.95. The number of methoxy groups -OCH3 is 1. The molecular formula is C24H24N2O3. The quantitative estimate of drug-likeness (QED) is 0.583. The summed E-state index contributed by atoms with van der Waals surface area (Å²) >= 11 is 0. The van der Waals surface area contributed by atoms with Gasteiger partial charge in [-0.2, -0.15) is 0 Å². The Labute approximate surface area is 169 Å². The number of rotatable bonds is 3. The number of hydrogen-bond donors (Lipinski definition) is 0. The third kappa shape index (κ3) is 2.84. The molecule has 0 N–H and O–H groups in total. The van der Waals surface area contributed by atoms with Gasteiger partial charge in [-0.1, -0.05) is 43.5 Å². The third-order valence-electron chi connectivity index (χ3n) is 6.28. The summed E-state index contributed by atoms with van der Waals surface area (Å²) in [5.74, 6) is 1.12. The molecule has 1 amide bonds. The summed E-state index contributed by atoms with van der Waals surface area (Å²) in [4.78, 5) is 27.0. The number of aromatic nitrogens is 1. The zero-order chi connectivity index (χ0) is 20.0. The molecule has 1 saturated carbocycles. The molecule has 148 valence electrons. The van der Waals surface area contributed by atoms with Gasteiger partial charge >= 0.3 is 5.97 Å². The van der Waals surface area contributed by atoms with Crippen molar-refractivity contribution in [3.05, 3.63) is 59.7 Å². The van der Waals surface area contributed by atoms with E-state index >= 15 is 0 Å². The molecule has 0 spiro atoms. The minimum Gasteiger partial charge on any atom is -0.465 e. The van der Waals surface area contributed by atoms with Crippen molar-refractivity contribution in [2.24, 2.45) is 0 Å². The molecule has 0 bridgehead atoms. The fourth-order valence-corrected chi connectivity index (χ4v) is 4.97. The highest BCUT2D eigenvalue weighted by Gasteiger charge is 2.37. The molecule has 2 aliphatic rings. The fraction of sp³-hybridized carbons (Fsp3) is 0.333. The van der Waals surface area contributed by atoms with E-state index in [1.165, 1.54) is 31.9 Å². The van der Waals surface area contributed by atoms with Crippen molar-refractivity contribution in [1.29, 1.82) is 0 Å². The topological polar surface area (TPSA) is 51.5 Å². The number of ether oxygens (including phenoxy) is 1. The summed E-state index contributed by atoms with van der Waals surface area (Å²) in [6.45, 7) is 0.290. The molecule has 1 fully saturated rings. The summed E-state index contributed by atoms with van der Waals surface area (Å²) in [5.41, 5.74) is 3.60. The number of nitrogens with zero attached hydrogens (tertiary/aromatic N) is 2. The van der Waals surface area contributed by atoms with Crippen molar-refractivity contribution < 1.29 is 14.3 Å². The summed E-state index contributed by atoms with van der Waals surface area (Å²) in [6, 6.07) is 15.6. The molecule has 0 atom stereocenters. The average Bonchev–Trinajstić information content (AvgIpc) is 3.26. The van der Waals surface area contributed by atoms with E-state index in [0.717, 1.165) is 35.2 Å². The van der Waals surface area contributed by atoms with Crippen molar-refractivity contribution >= 4 is 34.3 Å². The van der Waals surface area contributed by atoms with Gasteiger partial charge < -0.3 is 9.30 Å². The maximum absolute atomic E-state index is 13.1. The molecule has 1 aliphatic carbocycles. The first-order valence-electron chi connectivity index (χ1n) is 10.3. The lowest BCUT2D eigenvalue weighted by Gasteiger charge is -2.25. The highest BCUT2D eigenvalue weighted by Crippen LogP contribution is 2.48. The summed E-state index contributed by atoms with van der Waals surface area (Å²) in [5, 5.41) is 1.15. The van der Waals surface area contributed by atoms with Crippen LogP contribution in [0.5, 0.6) is 0 Å². The first-order chi connectivity index (χ1) is 14.2. The van der Waals surface area contributed by atoms with E-state index in [-0.39, 0.29) is 18.4 Å². The number of esters is 1. The molecule has 0 saturated heterocycles. The van der Waals surface area contributed by atoms with Gasteiger partial charge in [0.2, 0.25) is 0 Å². The van der Waals surface area contributed by atoms with E-state index in [2.05, 4.69) is 4.57 Å². The zero-order valence-corrected chi connectivity index (χ0v) is 16.6. The fourth-order valence-electron chi connectivity index (χ4n) is 4.97. The lowest BCUT2D eigenvalue weighted by atomic mass is 9.83. The number of hydrogen-bond acceptors (Lipinski definition) is 3. The van der Waals surface area contributed by atoms with Gasteiger partial charge in [-0.3, -0.25) is 9.69 Å². The van der Waals surface area contributed by atoms with Gasteiger partial charge in [0.15, 0.2) is 0 Å². The minimum absolute atomic E-state index is 0.0635. The Hall–Kier alpha value is -3.08. The maximum Gasteiger partial charge on any atom is 0.337 e. The SMILES string of the molecule is COC(=O)c1ccc2c(C3CCCCC3)c3n(c2c1)CC(=O)N3c1ccccc1. The standard InChI is InChI=1S/C24H24N2O3/c1-29-24(28)17-12-13-19-20(14-17)25-15-21(27)26(18-10-6-3-7-11-18)23(25)22(19)16-8-4-2-5-9-16/h3,6-7,10-14,16H,2,4-5,8-9,15H2,1H3. The molecule has 0 unspecified atom stereocenters. The molecule has 3 aromatic rings. The molecule has 5 nitrogen and oxygen atoms in total. The van der Waals surface area contributed by atoms with Gasteiger partial charge in [0.1, 0.15) is 12.4 Å². The van der Waals surface area contributed by atoms with Crippen LogP contribution < -0.4 is 4.90 Å². The van der Waals surface area contributed by atoms with Crippen LogP contribution in [-0.4, -0.2) is 23.6 Å². The normalized spacial score (nSPS) is 17.0. The number of benzene rings is 2. The second kappa shape index (κ2) is 7.07. The molecule has 29 heavy (non-hydrogen) atoms. The largest absolute Gasteiger partial charge is 0.465 e. The molecule has 1 aromatic heterocycles. The predicted molar refractivity (Wildman–Crippen MR) is 113 cm³/mol. The average molecular weight is 388 g/mol. The molecule has 0 radical (unpaired) electrons. The lowest BCUT2D eigenvalue weighted by molar-refractivity contribution is -0.117. The van der Waals surface area contributed by atoms with Crippen LogP contribution in [0.25, 0.3) is 10.9 Å².